The van der Waals surface area contributed by atoms with Crippen LogP contribution in [-0.2, 0) is 6.54 Å². The van der Waals surface area contributed by atoms with Crippen LogP contribution in [0.1, 0.15) is 5.56 Å². The van der Waals surface area contributed by atoms with Crippen molar-refractivity contribution in [1.82, 2.24) is 20.3 Å². The second-order valence-corrected chi connectivity index (χ2v) is 8.56. The number of imide groups is 1. The highest BCUT2D eigenvalue weighted by atomic mass is 35.5. The van der Waals surface area contributed by atoms with Crippen LogP contribution < -0.4 is 15.4 Å². The lowest BCUT2D eigenvalue weighted by atomic mass is 10.1. The highest BCUT2D eigenvalue weighted by Gasteiger charge is 2.42. The molecule has 1 unspecified atom stereocenters. The summed E-state index contributed by atoms with van der Waals surface area (Å²) in [6, 6.07) is 13.6. The molecule has 1 fully saturated rings. The van der Waals surface area contributed by atoms with Gasteiger partial charge in [0.25, 0.3) is 5.88 Å². The van der Waals surface area contributed by atoms with Gasteiger partial charge in [-0.2, -0.15) is 0 Å². The molecule has 1 saturated heterocycles. The first-order valence-electron chi connectivity index (χ1n) is 10.8. The Morgan fingerprint density at radius 2 is 1.78 bits per heavy atom. The Bertz CT molecular complexity index is 1170. The van der Waals surface area contributed by atoms with Crippen molar-refractivity contribution >= 4 is 29.4 Å². The fourth-order valence-electron chi connectivity index (χ4n) is 3.42. The zero-order valence-corrected chi connectivity index (χ0v) is 19.6. The summed E-state index contributed by atoms with van der Waals surface area (Å²) in [5.41, 5.74) is -0.761. The second kappa shape index (κ2) is 10.8. The van der Waals surface area contributed by atoms with Crippen molar-refractivity contribution in [2.45, 2.75) is 18.4 Å². The number of anilines is 1. The Morgan fingerprint density at radius 1 is 1.08 bits per heavy atom. The maximum absolute atomic E-state index is 13.4. The lowest BCUT2D eigenvalue weighted by Gasteiger charge is -2.43. The SMILES string of the molecule is O=C1NC(Nc2ccc(Oc3ccon3)cc2)N(Cc2ccc(Cl)cc2)C(=O)N1CC(O)(CO)CO. The number of urea groups is 2. The molecule has 1 aliphatic heterocycles. The van der Waals surface area contributed by atoms with E-state index in [1.54, 1.807) is 54.6 Å². The van der Waals surface area contributed by atoms with E-state index in [0.717, 1.165) is 10.5 Å². The number of hydrogen-bond donors (Lipinski definition) is 5. The van der Waals surface area contributed by atoms with Crippen LogP contribution >= 0.6 is 11.6 Å². The predicted molar refractivity (Wildman–Crippen MR) is 127 cm³/mol. The zero-order valence-electron chi connectivity index (χ0n) is 18.9. The summed E-state index contributed by atoms with van der Waals surface area (Å²) in [4.78, 5) is 28.2. The van der Waals surface area contributed by atoms with Crippen molar-refractivity contribution in [3.05, 3.63) is 71.4 Å². The first-order valence-corrected chi connectivity index (χ1v) is 11.2. The summed E-state index contributed by atoms with van der Waals surface area (Å²) in [7, 11) is 0. The first kappa shape index (κ1) is 25.3. The van der Waals surface area contributed by atoms with E-state index in [0.29, 0.717) is 22.3 Å². The molecule has 1 aliphatic rings. The second-order valence-electron chi connectivity index (χ2n) is 8.12. The molecule has 4 amide bonds. The number of carbonyl (C=O) groups excluding carboxylic acids is 2. The molecule has 5 N–H and O–H groups in total. The Balaban J connectivity index is 1.54. The molecular weight excluding hydrogens is 494 g/mol. The predicted octanol–water partition coefficient (Wildman–Crippen LogP) is 2.18. The molecule has 1 aromatic heterocycles. The monoisotopic (exact) mass is 517 g/mol. The van der Waals surface area contributed by atoms with Crippen molar-refractivity contribution in [2.75, 3.05) is 25.1 Å². The Morgan fingerprint density at radius 3 is 2.39 bits per heavy atom. The van der Waals surface area contributed by atoms with Gasteiger partial charge in [0.15, 0.2) is 6.29 Å². The van der Waals surface area contributed by atoms with Gasteiger partial charge in [-0.25, -0.2) is 14.5 Å². The molecule has 0 radical (unpaired) electrons. The quantitative estimate of drug-likeness (QED) is 0.271. The minimum atomic E-state index is -2.06. The molecule has 3 aromatic rings. The third-order valence-corrected chi connectivity index (χ3v) is 5.65. The van der Waals surface area contributed by atoms with E-state index in [9.17, 15) is 24.9 Å². The van der Waals surface area contributed by atoms with Crippen molar-refractivity contribution in [1.29, 1.82) is 0 Å². The number of aromatic nitrogens is 1. The molecule has 13 heteroatoms. The van der Waals surface area contributed by atoms with E-state index >= 15 is 0 Å². The van der Waals surface area contributed by atoms with Gasteiger partial charge in [0.05, 0.1) is 26.3 Å². The van der Waals surface area contributed by atoms with Crippen LogP contribution in [0.5, 0.6) is 11.6 Å². The number of nitrogens with one attached hydrogen (secondary N) is 2. The minimum Gasteiger partial charge on any atom is -0.436 e. The molecule has 4 rings (SSSR count). The molecule has 0 aliphatic carbocycles. The molecule has 1 atom stereocenters. The van der Waals surface area contributed by atoms with Crippen LogP contribution in [0.4, 0.5) is 15.3 Å². The summed E-state index contributed by atoms with van der Waals surface area (Å²) in [5.74, 6) is 0.787. The van der Waals surface area contributed by atoms with Gasteiger partial charge in [0.2, 0.25) is 0 Å². The molecule has 12 nitrogen and oxygen atoms in total. The normalized spacial score (nSPS) is 16.2. The largest absolute Gasteiger partial charge is 0.436 e. The van der Waals surface area contributed by atoms with Gasteiger partial charge >= 0.3 is 12.1 Å². The third-order valence-electron chi connectivity index (χ3n) is 5.40. The highest BCUT2D eigenvalue weighted by Crippen LogP contribution is 2.24. The average molecular weight is 518 g/mol. The summed E-state index contributed by atoms with van der Waals surface area (Å²) < 4.78 is 10.3. The van der Waals surface area contributed by atoms with Gasteiger partial charge in [-0.15, -0.1) is 0 Å². The fraction of sp³-hybridized carbons (Fsp3) is 0.261. The number of ether oxygens (including phenoxy) is 1. The van der Waals surface area contributed by atoms with E-state index < -0.39 is 43.7 Å². The van der Waals surface area contributed by atoms with Crippen molar-refractivity contribution in [2.24, 2.45) is 0 Å². The van der Waals surface area contributed by atoms with E-state index in [1.165, 1.54) is 11.2 Å². The van der Waals surface area contributed by atoms with Gasteiger partial charge in [-0.3, -0.25) is 10.2 Å². The minimum absolute atomic E-state index is 0.0779. The molecule has 2 heterocycles. The van der Waals surface area contributed by atoms with Gasteiger partial charge in [0, 0.05) is 16.8 Å². The van der Waals surface area contributed by atoms with Crippen molar-refractivity contribution in [3.63, 3.8) is 0 Å². The van der Waals surface area contributed by atoms with Gasteiger partial charge in [-0.05, 0) is 47.1 Å². The summed E-state index contributed by atoms with van der Waals surface area (Å²) in [5, 5.41) is 39.1. The zero-order chi connectivity index (χ0) is 25.7. The summed E-state index contributed by atoms with van der Waals surface area (Å²) in [6.45, 7) is -2.22. The molecular formula is C23H24ClN5O7. The van der Waals surface area contributed by atoms with Gasteiger partial charge in [-0.1, -0.05) is 23.7 Å². The Hall–Kier alpha value is -3.84. The van der Waals surface area contributed by atoms with Crippen LogP contribution in [0, 0.1) is 0 Å². The fourth-order valence-corrected chi connectivity index (χ4v) is 3.55. The highest BCUT2D eigenvalue weighted by molar-refractivity contribution is 6.30. The molecule has 0 spiro atoms. The van der Waals surface area contributed by atoms with Crippen LogP contribution in [-0.4, -0.2) is 74.0 Å². The number of hydrogen-bond acceptors (Lipinski definition) is 9. The molecule has 190 valence electrons. The summed E-state index contributed by atoms with van der Waals surface area (Å²) in [6.07, 6.45) is 0.421. The van der Waals surface area contributed by atoms with Crippen molar-refractivity contribution < 1.29 is 34.2 Å². The van der Waals surface area contributed by atoms with Gasteiger partial charge < -0.3 is 29.9 Å². The van der Waals surface area contributed by atoms with E-state index in [-0.39, 0.29) is 6.54 Å². The lowest BCUT2D eigenvalue weighted by molar-refractivity contribution is -0.0669. The van der Waals surface area contributed by atoms with E-state index in [4.69, 9.17) is 20.9 Å². The van der Waals surface area contributed by atoms with Crippen molar-refractivity contribution in [3.8, 4) is 11.6 Å². The molecule has 0 bridgehead atoms. The Kier molecular flexibility index (Phi) is 7.60. The average Bonchev–Trinajstić information content (AvgIpc) is 3.39. The topological polar surface area (TPSA) is 161 Å². The molecule has 2 aromatic carbocycles. The number of halogens is 1. The first-order chi connectivity index (χ1) is 17.3. The Labute approximate surface area is 210 Å². The molecule has 0 saturated carbocycles. The smallest absolute Gasteiger partial charge is 0.331 e. The third kappa shape index (κ3) is 5.86. The maximum Gasteiger partial charge on any atom is 0.331 e. The summed E-state index contributed by atoms with van der Waals surface area (Å²) >= 11 is 5.97. The van der Waals surface area contributed by atoms with Gasteiger partial charge in [0.1, 0.15) is 17.6 Å². The van der Waals surface area contributed by atoms with Crippen LogP contribution in [0.25, 0.3) is 0 Å². The number of amides is 4. The number of nitrogens with zero attached hydrogens (tertiary/aromatic N) is 3. The number of benzene rings is 2. The number of β-amino-alcohol motifs (C(OH)–C–C–N with tert-alkyl or cyclic N) is 1. The standard InChI is InChI=1S/C23H24ClN5O7/c24-16-3-1-15(2-4-16)11-28-20(26-21(32)29(22(28)33)12-23(34,13-30)14-31)25-17-5-7-18(8-6-17)36-19-9-10-35-27-19/h1-10,20,25,30-31,34H,11-14H2,(H,26,32). The number of rotatable bonds is 10. The van der Waals surface area contributed by atoms with E-state index in [1.807, 2.05) is 0 Å². The van der Waals surface area contributed by atoms with E-state index in [2.05, 4.69) is 15.8 Å². The maximum atomic E-state index is 13.4. The van der Waals surface area contributed by atoms with Crippen LogP contribution in [0.2, 0.25) is 5.02 Å². The molecule has 36 heavy (non-hydrogen) atoms. The number of carbonyl (C=O) groups is 2. The lowest BCUT2D eigenvalue weighted by Crippen LogP contribution is -2.69. The van der Waals surface area contributed by atoms with Crippen LogP contribution in [0.15, 0.2) is 65.4 Å². The number of aliphatic hydroxyl groups excluding tert-OH is 2. The van der Waals surface area contributed by atoms with Crippen LogP contribution in [0.3, 0.4) is 0 Å². The number of aliphatic hydroxyl groups is 3.